The van der Waals surface area contributed by atoms with Gasteiger partial charge in [0.05, 0.1) is 0 Å². The SMILES string of the molecule is CC(C)(C)CCCN1CCC1=O. The van der Waals surface area contributed by atoms with E-state index in [2.05, 4.69) is 20.8 Å². The van der Waals surface area contributed by atoms with Crippen molar-refractivity contribution in [3.05, 3.63) is 0 Å². The zero-order valence-corrected chi connectivity index (χ0v) is 8.39. The molecule has 0 saturated carbocycles. The average Bonchev–Trinajstić information content (AvgIpc) is 1.93. The van der Waals surface area contributed by atoms with E-state index < -0.39 is 0 Å². The van der Waals surface area contributed by atoms with Crippen LogP contribution >= 0.6 is 0 Å². The third-order valence-electron chi connectivity index (χ3n) is 2.30. The number of carbonyl (C=O) groups is 1. The summed E-state index contributed by atoms with van der Waals surface area (Å²) >= 11 is 0. The van der Waals surface area contributed by atoms with Crippen LogP contribution in [0.5, 0.6) is 0 Å². The highest BCUT2D eigenvalue weighted by Gasteiger charge is 2.23. The van der Waals surface area contributed by atoms with Crippen LogP contribution in [0.15, 0.2) is 0 Å². The minimum Gasteiger partial charge on any atom is -0.342 e. The zero-order chi connectivity index (χ0) is 9.19. The molecule has 0 bridgehead atoms. The molecule has 0 aromatic rings. The van der Waals surface area contributed by atoms with E-state index in [-0.39, 0.29) is 0 Å². The molecule has 0 atom stereocenters. The second-order valence-corrected chi connectivity index (χ2v) is 4.80. The smallest absolute Gasteiger partial charge is 0.224 e. The predicted octanol–water partition coefficient (Wildman–Crippen LogP) is 2.04. The molecule has 1 amide bonds. The summed E-state index contributed by atoms with van der Waals surface area (Å²) < 4.78 is 0. The number of likely N-dealkylation sites (tertiary alicyclic amines) is 1. The van der Waals surface area contributed by atoms with E-state index in [9.17, 15) is 4.79 Å². The lowest BCUT2D eigenvalue weighted by Gasteiger charge is -2.31. The molecule has 0 aromatic carbocycles. The summed E-state index contributed by atoms with van der Waals surface area (Å²) in [5, 5.41) is 0. The summed E-state index contributed by atoms with van der Waals surface area (Å²) in [6.45, 7) is 8.68. The van der Waals surface area contributed by atoms with Gasteiger partial charge in [0.25, 0.3) is 0 Å². The van der Waals surface area contributed by atoms with Gasteiger partial charge in [0.15, 0.2) is 0 Å². The Hall–Kier alpha value is -0.530. The molecule has 1 rings (SSSR count). The van der Waals surface area contributed by atoms with Gasteiger partial charge < -0.3 is 4.90 Å². The van der Waals surface area contributed by atoms with Crippen LogP contribution in [-0.2, 0) is 4.79 Å². The van der Waals surface area contributed by atoms with Crippen molar-refractivity contribution in [1.82, 2.24) is 4.90 Å². The molecule has 70 valence electrons. The lowest BCUT2D eigenvalue weighted by Crippen LogP contribution is -2.43. The average molecular weight is 169 g/mol. The third kappa shape index (κ3) is 2.84. The second-order valence-electron chi connectivity index (χ2n) is 4.80. The Morgan fingerprint density at radius 2 is 2.08 bits per heavy atom. The van der Waals surface area contributed by atoms with Crippen molar-refractivity contribution in [3.8, 4) is 0 Å². The van der Waals surface area contributed by atoms with Gasteiger partial charge in [-0.3, -0.25) is 4.79 Å². The molecular weight excluding hydrogens is 150 g/mol. The number of β-lactam (4-membered cyclic amide) rings is 1. The van der Waals surface area contributed by atoms with E-state index in [4.69, 9.17) is 0 Å². The minimum absolute atomic E-state index is 0.337. The Balaban J connectivity index is 2.06. The van der Waals surface area contributed by atoms with Gasteiger partial charge in [0.2, 0.25) is 5.91 Å². The highest BCUT2D eigenvalue weighted by atomic mass is 16.2. The Morgan fingerprint density at radius 1 is 1.42 bits per heavy atom. The lowest BCUT2D eigenvalue weighted by molar-refractivity contribution is -0.139. The monoisotopic (exact) mass is 169 g/mol. The van der Waals surface area contributed by atoms with Crippen molar-refractivity contribution >= 4 is 5.91 Å². The summed E-state index contributed by atoms with van der Waals surface area (Å²) in [7, 11) is 0. The van der Waals surface area contributed by atoms with Crippen LogP contribution in [0.3, 0.4) is 0 Å². The predicted molar refractivity (Wildman–Crippen MR) is 49.9 cm³/mol. The van der Waals surface area contributed by atoms with Crippen molar-refractivity contribution < 1.29 is 4.79 Å². The van der Waals surface area contributed by atoms with Gasteiger partial charge in [0, 0.05) is 19.5 Å². The largest absolute Gasteiger partial charge is 0.342 e. The van der Waals surface area contributed by atoms with Crippen LogP contribution in [0, 0.1) is 5.41 Å². The zero-order valence-electron chi connectivity index (χ0n) is 8.39. The first-order valence-electron chi connectivity index (χ1n) is 4.77. The molecule has 1 fully saturated rings. The first-order valence-corrected chi connectivity index (χ1v) is 4.77. The first kappa shape index (κ1) is 9.56. The molecule has 1 saturated heterocycles. The molecule has 0 aliphatic carbocycles. The Labute approximate surface area is 74.9 Å². The van der Waals surface area contributed by atoms with Gasteiger partial charge in [-0.1, -0.05) is 20.8 Å². The second kappa shape index (κ2) is 3.46. The minimum atomic E-state index is 0.337. The normalized spacial score (nSPS) is 17.9. The number of hydrogen-bond donors (Lipinski definition) is 0. The summed E-state index contributed by atoms with van der Waals surface area (Å²) in [6.07, 6.45) is 3.13. The van der Waals surface area contributed by atoms with E-state index in [0.29, 0.717) is 11.3 Å². The molecule has 0 radical (unpaired) electrons. The summed E-state index contributed by atoms with van der Waals surface area (Å²) in [5.41, 5.74) is 0.411. The van der Waals surface area contributed by atoms with E-state index in [1.807, 2.05) is 4.90 Å². The molecule has 0 spiro atoms. The van der Waals surface area contributed by atoms with Crippen LogP contribution in [0.2, 0.25) is 0 Å². The number of carbonyl (C=O) groups excluding carboxylic acids is 1. The van der Waals surface area contributed by atoms with Crippen molar-refractivity contribution in [2.45, 2.75) is 40.0 Å². The molecule has 1 aliphatic heterocycles. The molecule has 0 aromatic heterocycles. The topological polar surface area (TPSA) is 20.3 Å². The number of hydrogen-bond acceptors (Lipinski definition) is 1. The number of nitrogens with zero attached hydrogens (tertiary/aromatic N) is 1. The van der Waals surface area contributed by atoms with Gasteiger partial charge >= 0.3 is 0 Å². The fraction of sp³-hybridized carbons (Fsp3) is 0.900. The Morgan fingerprint density at radius 3 is 2.42 bits per heavy atom. The van der Waals surface area contributed by atoms with Gasteiger partial charge in [0.1, 0.15) is 0 Å². The Bertz CT molecular complexity index is 169. The molecule has 1 aliphatic rings. The standard InChI is InChI=1S/C10H19NO/c1-10(2,3)6-4-7-11-8-5-9(11)12/h4-8H2,1-3H3. The van der Waals surface area contributed by atoms with E-state index in [1.165, 1.54) is 6.42 Å². The molecule has 2 heteroatoms. The van der Waals surface area contributed by atoms with Crippen molar-refractivity contribution in [2.24, 2.45) is 5.41 Å². The van der Waals surface area contributed by atoms with Crippen LogP contribution in [0.1, 0.15) is 40.0 Å². The number of amides is 1. The molecule has 1 heterocycles. The Kier molecular flexibility index (Phi) is 2.76. The summed E-state index contributed by atoms with van der Waals surface area (Å²) in [5.74, 6) is 0.337. The maximum Gasteiger partial charge on any atom is 0.224 e. The van der Waals surface area contributed by atoms with Crippen molar-refractivity contribution in [3.63, 3.8) is 0 Å². The van der Waals surface area contributed by atoms with E-state index >= 15 is 0 Å². The lowest BCUT2D eigenvalue weighted by atomic mass is 9.90. The molecule has 12 heavy (non-hydrogen) atoms. The van der Waals surface area contributed by atoms with E-state index in [0.717, 1.165) is 25.9 Å². The van der Waals surface area contributed by atoms with Gasteiger partial charge in [-0.25, -0.2) is 0 Å². The van der Waals surface area contributed by atoms with E-state index in [1.54, 1.807) is 0 Å². The van der Waals surface area contributed by atoms with Crippen molar-refractivity contribution in [2.75, 3.05) is 13.1 Å². The first-order chi connectivity index (χ1) is 5.49. The van der Waals surface area contributed by atoms with Crippen molar-refractivity contribution in [1.29, 1.82) is 0 Å². The van der Waals surface area contributed by atoms with Crippen LogP contribution in [0.4, 0.5) is 0 Å². The molecular formula is C10H19NO. The molecule has 0 N–H and O–H groups in total. The highest BCUT2D eigenvalue weighted by Crippen LogP contribution is 2.21. The number of rotatable bonds is 3. The van der Waals surface area contributed by atoms with Gasteiger partial charge in [-0.15, -0.1) is 0 Å². The summed E-state index contributed by atoms with van der Waals surface area (Å²) in [6, 6.07) is 0. The van der Waals surface area contributed by atoms with Crippen LogP contribution in [0.25, 0.3) is 0 Å². The highest BCUT2D eigenvalue weighted by molar-refractivity contribution is 5.81. The maximum atomic E-state index is 10.9. The maximum absolute atomic E-state index is 10.9. The summed E-state index contributed by atoms with van der Waals surface area (Å²) in [4.78, 5) is 12.9. The van der Waals surface area contributed by atoms with Gasteiger partial charge in [-0.05, 0) is 18.3 Å². The third-order valence-corrected chi connectivity index (χ3v) is 2.30. The molecule has 2 nitrogen and oxygen atoms in total. The van der Waals surface area contributed by atoms with Crippen LogP contribution in [-0.4, -0.2) is 23.9 Å². The fourth-order valence-corrected chi connectivity index (χ4v) is 1.40. The fourth-order valence-electron chi connectivity index (χ4n) is 1.40. The van der Waals surface area contributed by atoms with Crippen LogP contribution < -0.4 is 0 Å². The van der Waals surface area contributed by atoms with Gasteiger partial charge in [-0.2, -0.15) is 0 Å². The molecule has 0 unspecified atom stereocenters. The quantitative estimate of drug-likeness (QED) is 0.592.